The van der Waals surface area contributed by atoms with E-state index in [1.54, 1.807) is 6.07 Å². The van der Waals surface area contributed by atoms with Gasteiger partial charge in [0.05, 0.1) is 18.1 Å². The van der Waals surface area contributed by atoms with E-state index in [0.717, 1.165) is 27.6 Å². The van der Waals surface area contributed by atoms with Gasteiger partial charge in [-0.1, -0.05) is 58.8 Å². The molecule has 152 valence electrons. The second-order valence-corrected chi connectivity index (χ2v) is 6.95. The lowest BCUT2D eigenvalue weighted by atomic mass is 10.0. The summed E-state index contributed by atoms with van der Waals surface area (Å²) in [5.74, 6) is 0.0823. The lowest BCUT2D eigenvalue weighted by Gasteiger charge is -2.10. The van der Waals surface area contributed by atoms with Crippen LogP contribution in [0.1, 0.15) is 21.5 Å². The van der Waals surface area contributed by atoms with Gasteiger partial charge >= 0.3 is 5.97 Å². The van der Waals surface area contributed by atoms with E-state index in [4.69, 9.17) is 10.5 Å². The number of halogens is 1. The van der Waals surface area contributed by atoms with Crippen LogP contribution in [0.3, 0.4) is 0 Å². The van der Waals surface area contributed by atoms with Gasteiger partial charge in [0.15, 0.2) is 5.82 Å². The third-order valence-corrected chi connectivity index (χ3v) is 5.01. The van der Waals surface area contributed by atoms with Crippen LogP contribution < -0.4 is 27.4 Å². The van der Waals surface area contributed by atoms with Gasteiger partial charge in [0, 0.05) is 21.6 Å². The van der Waals surface area contributed by atoms with Gasteiger partial charge in [-0.05, 0) is 31.2 Å². The molecular formula is C24H22BrN3O2. The van der Waals surface area contributed by atoms with E-state index in [1.807, 2.05) is 47.1 Å². The number of nitrogens with zero attached hydrogens (tertiary/aromatic N) is 2. The van der Waals surface area contributed by atoms with Crippen LogP contribution in [0.5, 0.6) is 0 Å². The van der Waals surface area contributed by atoms with Gasteiger partial charge < -0.3 is 27.5 Å². The summed E-state index contributed by atoms with van der Waals surface area (Å²) < 4.78 is 6.81. The third kappa shape index (κ3) is 4.04. The van der Waals surface area contributed by atoms with E-state index in [1.165, 1.54) is 12.7 Å². The van der Waals surface area contributed by atoms with E-state index in [0.29, 0.717) is 17.9 Å². The number of esters is 1. The number of methoxy groups -OCH3 is 1. The van der Waals surface area contributed by atoms with Gasteiger partial charge in [-0.15, -0.1) is 0 Å². The molecule has 0 aliphatic carbocycles. The highest BCUT2D eigenvalue weighted by Gasteiger charge is 2.24. The Bertz CT molecular complexity index is 1210. The Balaban J connectivity index is 0.00000256. The van der Waals surface area contributed by atoms with Gasteiger partial charge in [-0.3, -0.25) is 0 Å². The standard InChI is InChI=1S/C24H22N3O2.BrH/c1-16-11-13-17(14-12-16)22-20-9-5-6-10-21(20)23(25)26-27(22)15-18-7-3-4-8-19(18)24(28)29-2;/h3-14H,15H2,1-2H3,(H2,25,26);1H/q+1;/p-1. The maximum Gasteiger partial charge on any atom is 0.338 e. The summed E-state index contributed by atoms with van der Waals surface area (Å²) in [5, 5.41) is 6.58. The molecule has 0 unspecified atom stereocenters. The summed E-state index contributed by atoms with van der Waals surface area (Å²) in [6.07, 6.45) is 0. The van der Waals surface area contributed by atoms with Crippen LogP contribution in [0.25, 0.3) is 22.0 Å². The molecule has 0 aliphatic rings. The minimum absolute atomic E-state index is 0. The molecule has 0 fully saturated rings. The number of benzene rings is 3. The molecule has 1 aromatic heterocycles. The minimum Gasteiger partial charge on any atom is -1.00 e. The van der Waals surface area contributed by atoms with Crippen molar-refractivity contribution in [3.63, 3.8) is 0 Å². The van der Waals surface area contributed by atoms with E-state index < -0.39 is 0 Å². The highest BCUT2D eigenvalue weighted by Crippen LogP contribution is 2.28. The Morgan fingerprint density at radius 1 is 0.967 bits per heavy atom. The summed E-state index contributed by atoms with van der Waals surface area (Å²) in [6, 6.07) is 23.7. The minimum atomic E-state index is -0.369. The monoisotopic (exact) mass is 463 g/mol. The molecule has 0 aliphatic heterocycles. The topological polar surface area (TPSA) is 69.1 Å². The van der Waals surface area contributed by atoms with Crippen molar-refractivity contribution in [3.8, 4) is 11.3 Å². The zero-order valence-electron chi connectivity index (χ0n) is 16.8. The van der Waals surface area contributed by atoms with E-state index in [-0.39, 0.29) is 23.0 Å². The second-order valence-electron chi connectivity index (χ2n) is 6.95. The number of hydrogen-bond donors (Lipinski definition) is 1. The molecule has 0 bridgehead atoms. The largest absolute Gasteiger partial charge is 1.00 e. The van der Waals surface area contributed by atoms with Gasteiger partial charge in [-0.25, -0.2) is 4.79 Å². The smallest absolute Gasteiger partial charge is 0.338 e. The highest BCUT2D eigenvalue weighted by atomic mass is 79.9. The zero-order valence-corrected chi connectivity index (χ0v) is 18.4. The molecule has 30 heavy (non-hydrogen) atoms. The molecule has 0 atom stereocenters. The van der Waals surface area contributed by atoms with Gasteiger partial charge in [0.1, 0.15) is 0 Å². The Morgan fingerprint density at radius 2 is 1.60 bits per heavy atom. The van der Waals surface area contributed by atoms with Crippen LogP contribution in [0.2, 0.25) is 0 Å². The maximum absolute atomic E-state index is 12.2. The van der Waals surface area contributed by atoms with Gasteiger partial charge in [-0.2, -0.15) is 0 Å². The van der Waals surface area contributed by atoms with Crippen molar-refractivity contribution < 1.29 is 31.2 Å². The Kier molecular flexibility index (Phi) is 6.47. The number of ether oxygens (including phenoxy) is 1. The average molecular weight is 464 g/mol. The summed E-state index contributed by atoms with van der Waals surface area (Å²) >= 11 is 0. The van der Waals surface area contributed by atoms with Crippen molar-refractivity contribution in [2.75, 3.05) is 12.8 Å². The van der Waals surface area contributed by atoms with Crippen molar-refractivity contribution >= 4 is 22.6 Å². The number of fused-ring (bicyclic) bond motifs is 1. The molecule has 0 amide bonds. The second kappa shape index (κ2) is 9.05. The summed E-state index contributed by atoms with van der Waals surface area (Å²) in [7, 11) is 1.39. The van der Waals surface area contributed by atoms with E-state index in [9.17, 15) is 4.79 Å². The molecule has 3 aromatic carbocycles. The molecular weight excluding hydrogens is 442 g/mol. The molecule has 0 radical (unpaired) electrons. The van der Waals surface area contributed by atoms with Gasteiger partial charge in [0.2, 0.25) is 12.2 Å². The Labute approximate surface area is 185 Å². The van der Waals surface area contributed by atoms with Crippen LogP contribution in [-0.2, 0) is 11.3 Å². The molecule has 2 N–H and O–H groups in total. The van der Waals surface area contributed by atoms with Crippen molar-refractivity contribution in [2.45, 2.75) is 13.5 Å². The van der Waals surface area contributed by atoms with Crippen molar-refractivity contribution in [3.05, 3.63) is 89.5 Å². The first-order valence-electron chi connectivity index (χ1n) is 9.40. The van der Waals surface area contributed by atoms with Crippen LogP contribution in [-0.4, -0.2) is 18.2 Å². The van der Waals surface area contributed by atoms with Crippen molar-refractivity contribution in [2.24, 2.45) is 0 Å². The van der Waals surface area contributed by atoms with Crippen LogP contribution >= 0.6 is 0 Å². The quantitative estimate of drug-likeness (QED) is 0.360. The third-order valence-electron chi connectivity index (χ3n) is 5.01. The predicted molar refractivity (Wildman–Crippen MR) is 113 cm³/mol. The lowest BCUT2D eigenvalue weighted by molar-refractivity contribution is -0.733. The predicted octanol–water partition coefficient (Wildman–Crippen LogP) is 0.919. The first kappa shape index (κ1) is 21.5. The molecule has 4 aromatic rings. The van der Waals surface area contributed by atoms with E-state index in [2.05, 4.69) is 36.3 Å². The fourth-order valence-corrected chi connectivity index (χ4v) is 3.54. The lowest BCUT2D eigenvalue weighted by Crippen LogP contribution is -3.00. The SMILES string of the molecule is COC(=O)c1ccccc1C[n+]1nc(N)c2ccccc2c1-c1ccc(C)cc1.[Br-]. The summed E-state index contributed by atoms with van der Waals surface area (Å²) in [4.78, 5) is 12.2. The Hall–Kier alpha value is -3.25. The molecule has 5 nitrogen and oxygen atoms in total. The molecule has 4 rings (SSSR count). The van der Waals surface area contributed by atoms with Crippen LogP contribution in [0.4, 0.5) is 5.82 Å². The first-order valence-corrected chi connectivity index (χ1v) is 9.40. The highest BCUT2D eigenvalue weighted by molar-refractivity contribution is 5.98. The fourth-order valence-electron chi connectivity index (χ4n) is 3.54. The van der Waals surface area contributed by atoms with E-state index >= 15 is 0 Å². The normalized spacial score (nSPS) is 10.5. The van der Waals surface area contributed by atoms with Crippen molar-refractivity contribution in [1.29, 1.82) is 0 Å². The number of anilines is 1. The molecule has 0 spiro atoms. The number of rotatable bonds is 4. The number of hydrogen-bond acceptors (Lipinski definition) is 4. The number of carbonyl (C=O) groups excluding carboxylic acids is 1. The summed E-state index contributed by atoms with van der Waals surface area (Å²) in [5.41, 5.74) is 10.8. The van der Waals surface area contributed by atoms with Gasteiger partial charge in [0.25, 0.3) is 0 Å². The number of nitrogen functional groups attached to an aromatic ring is 1. The average Bonchev–Trinajstić information content (AvgIpc) is 2.75. The number of aryl methyl sites for hydroxylation is 1. The van der Waals surface area contributed by atoms with Crippen molar-refractivity contribution in [1.82, 2.24) is 5.10 Å². The number of carbonyl (C=O) groups is 1. The summed E-state index contributed by atoms with van der Waals surface area (Å²) in [6.45, 7) is 2.45. The van der Waals surface area contributed by atoms with Crippen LogP contribution in [0.15, 0.2) is 72.8 Å². The first-order chi connectivity index (χ1) is 14.1. The molecule has 0 saturated heterocycles. The Morgan fingerprint density at radius 3 is 2.30 bits per heavy atom. The van der Waals surface area contributed by atoms with Crippen LogP contribution in [0, 0.1) is 6.92 Å². The number of aromatic nitrogens is 2. The molecule has 6 heteroatoms. The zero-order chi connectivity index (χ0) is 20.4. The molecule has 1 heterocycles. The molecule has 0 saturated carbocycles. The fraction of sp³-hybridized carbons (Fsp3) is 0.125. The maximum atomic E-state index is 12.2. The number of nitrogens with two attached hydrogens (primary N) is 1.